The number of amides is 1. The molecule has 1 heterocycles. The zero-order chi connectivity index (χ0) is 19.6. The molecule has 138 valence electrons. The van der Waals surface area contributed by atoms with Gasteiger partial charge in [0.1, 0.15) is 18.2 Å². The smallest absolute Gasteiger partial charge is 0.254 e. The van der Waals surface area contributed by atoms with Crippen molar-refractivity contribution in [3.05, 3.63) is 80.4 Å². The van der Waals surface area contributed by atoms with Crippen LogP contribution in [0.3, 0.4) is 0 Å². The van der Waals surface area contributed by atoms with Gasteiger partial charge in [-0.1, -0.05) is 15.9 Å². The maximum absolute atomic E-state index is 13.2. The molecule has 0 atom stereocenters. The van der Waals surface area contributed by atoms with Crippen molar-refractivity contribution in [3.8, 4) is 11.4 Å². The number of halogens is 2. The van der Waals surface area contributed by atoms with Crippen LogP contribution in [0.1, 0.15) is 11.3 Å². The third-order valence-electron chi connectivity index (χ3n) is 4.00. The Kier molecular flexibility index (Phi) is 5.51. The van der Waals surface area contributed by atoms with E-state index in [4.69, 9.17) is 0 Å². The molecule has 0 saturated carbocycles. The number of hydrogen-bond acceptors (Lipinski definition) is 3. The van der Waals surface area contributed by atoms with E-state index in [1.807, 2.05) is 19.1 Å². The lowest BCUT2D eigenvalue weighted by molar-refractivity contribution is -0.116. The highest BCUT2D eigenvalue weighted by Gasteiger charge is 2.14. The topological polar surface area (TPSA) is 64.0 Å². The summed E-state index contributed by atoms with van der Waals surface area (Å²) in [6, 6.07) is 12.5. The number of benzene rings is 2. The van der Waals surface area contributed by atoms with E-state index >= 15 is 0 Å². The Morgan fingerprint density at radius 2 is 1.85 bits per heavy atom. The lowest BCUT2D eigenvalue weighted by Crippen LogP contribution is -2.29. The molecule has 3 rings (SSSR count). The molecule has 3 aromatic rings. The van der Waals surface area contributed by atoms with Crippen LogP contribution in [0.15, 0.2) is 57.8 Å². The van der Waals surface area contributed by atoms with E-state index in [0.717, 1.165) is 10.0 Å². The average Bonchev–Trinajstić information content (AvgIpc) is 2.60. The van der Waals surface area contributed by atoms with Crippen LogP contribution in [0, 0.1) is 19.7 Å². The van der Waals surface area contributed by atoms with Crippen molar-refractivity contribution in [2.45, 2.75) is 20.4 Å². The molecule has 0 saturated heterocycles. The number of carbonyl (C=O) groups excluding carboxylic acids is 1. The monoisotopic (exact) mass is 429 g/mol. The van der Waals surface area contributed by atoms with Gasteiger partial charge in [0.05, 0.1) is 0 Å². The molecule has 0 radical (unpaired) electrons. The van der Waals surface area contributed by atoms with Gasteiger partial charge in [0, 0.05) is 27.5 Å². The summed E-state index contributed by atoms with van der Waals surface area (Å²) in [4.78, 5) is 29.4. The summed E-state index contributed by atoms with van der Waals surface area (Å²) in [6.45, 7) is 3.38. The van der Waals surface area contributed by atoms with E-state index in [-0.39, 0.29) is 23.8 Å². The highest BCUT2D eigenvalue weighted by molar-refractivity contribution is 9.10. The van der Waals surface area contributed by atoms with E-state index in [9.17, 15) is 14.0 Å². The van der Waals surface area contributed by atoms with Gasteiger partial charge in [-0.25, -0.2) is 9.37 Å². The zero-order valence-corrected chi connectivity index (χ0v) is 16.4. The third kappa shape index (κ3) is 4.49. The zero-order valence-electron chi connectivity index (χ0n) is 14.8. The van der Waals surface area contributed by atoms with Crippen molar-refractivity contribution < 1.29 is 9.18 Å². The van der Waals surface area contributed by atoms with Crippen molar-refractivity contribution in [2.24, 2.45) is 0 Å². The van der Waals surface area contributed by atoms with Crippen LogP contribution >= 0.6 is 15.9 Å². The Labute approximate surface area is 164 Å². The van der Waals surface area contributed by atoms with Gasteiger partial charge in [-0.15, -0.1) is 0 Å². The Morgan fingerprint density at radius 3 is 2.52 bits per heavy atom. The van der Waals surface area contributed by atoms with Gasteiger partial charge in [-0.05, 0) is 61.9 Å². The van der Waals surface area contributed by atoms with Crippen LogP contribution in [0.4, 0.5) is 10.1 Å². The normalized spacial score (nSPS) is 10.7. The predicted octanol–water partition coefficient (Wildman–Crippen LogP) is 4.07. The van der Waals surface area contributed by atoms with Gasteiger partial charge < -0.3 is 5.32 Å². The van der Waals surface area contributed by atoms with Gasteiger partial charge in [-0.2, -0.15) is 0 Å². The largest absolute Gasteiger partial charge is 0.324 e. The van der Waals surface area contributed by atoms with Crippen LogP contribution in [0.2, 0.25) is 0 Å². The van der Waals surface area contributed by atoms with E-state index in [2.05, 4.69) is 26.2 Å². The van der Waals surface area contributed by atoms with Gasteiger partial charge in [0.25, 0.3) is 5.56 Å². The molecular formula is C20H17BrFN3O2. The number of hydrogen-bond donors (Lipinski definition) is 1. The number of aryl methyl sites for hydroxylation is 2. The van der Waals surface area contributed by atoms with Crippen LogP contribution in [-0.2, 0) is 11.3 Å². The summed E-state index contributed by atoms with van der Waals surface area (Å²) in [5.74, 6) is -0.414. The molecule has 0 aliphatic carbocycles. The summed E-state index contributed by atoms with van der Waals surface area (Å²) < 4.78 is 15.4. The minimum atomic E-state index is -0.385. The molecule has 0 aliphatic rings. The first-order valence-corrected chi connectivity index (χ1v) is 9.03. The summed E-state index contributed by atoms with van der Waals surface area (Å²) >= 11 is 3.38. The number of carbonyl (C=O) groups is 1. The van der Waals surface area contributed by atoms with Crippen molar-refractivity contribution in [1.82, 2.24) is 9.55 Å². The van der Waals surface area contributed by atoms with Crippen molar-refractivity contribution in [3.63, 3.8) is 0 Å². The van der Waals surface area contributed by atoms with Gasteiger partial charge in [0.2, 0.25) is 5.91 Å². The maximum atomic E-state index is 13.2. The first kappa shape index (κ1) is 19.0. The molecular weight excluding hydrogens is 413 g/mol. The van der Waals surface area contributed by atoms with Crippen molar-refractivity contribution in [2.75, 3.05) is 5.32 Å². The second-order valence-corrected chi connectivity index (χ2v) is 7.08. The predicted molar refractivity (Wildman–Crippen MR) is 106 cm³/mol. The lowest BCUT2D eigenvalue weighted by atomic mass is 10.2. The third-order valence-corrected chi connectivity index (χ3v) is 4.50. The molecule has 0 spiro atoms. The van der Waals surface area contributed by atoms with Crippen LogP contribution in [0.25, 0.3) is 11.4 Å². The number of anilines is 1. The number of nitrogens with one attached hydrogen (secondary N) is 1. The van der Waals surface area contributed by atoms with Gasteiger partial charge >= 0.3 is 0 Å². The molecule has 2 aromatic carbocycles. The lowest BCUT2D eigenvalue weighted by Gasteiger charge is -2.14. The molecule has 27 heavy (non-hydrogen) atoms. The second kappa shape index (κ2) is 7.84. The summed E-state index contributed by atoms with van der Waals surface area (Å²) in [5.41, 5.74) is 2.31. The van der Waals surface area contributed by atoms with Crippen molar-refractivity contribution >= 4 is 27.5 Å². The number of rotatable bonds is 4. The van der Waals surface area contributed by atoms with E-state index in [1.54, 1.807) is 13.0 Å². The van der Waals surface area contributed by atoms with Gasteiger partial charge in [0.15, 0.2) is 0 Å². The first-order chi connectivity index (χ1) is 12.8. The molecule has 1 N–H and O–H groups in total. The van der Waals surface area contributed by atoms with Crippen LogP contribution in [0.5, 0.6) is 0 Å². The molecule has 0 bridgehead atoms. The minimum absolute atomic E-state index is 0.200. The number of nitrogens with zero attached hydrogens (tertiary/aromatic N) is 2. The van der Waals surface area contributed by atoms with Crippen LogP contribution in [-0.4, -0.2) is 15.5 Å². The molecule has 5 nitrogen and oxygen atoms in total. The summed E-state index contributed by atoms with van der Waals surface area (Å²) in [5, 5.41) is 2.81. The Balaban J connectivity index is 1.93. The molecule has 0 fully saturated rings. The quantitative estimate of drug-likeness (QED) is 0.679. The first-order valence-electron chi connectivity index (χ1n) is 8.24. The molecule has 0 unspecified atom stereocenters. The summed E-state index contributed by atoms with van der Waals surface area (Å²) in [6.07, 6.45) is 0. The van der Waals surface area contributed by atoms with E-state index in [1.165, 1.54) is 34.9 Å². The average molecular weight is 430 g/mol. The summed E-state index contributed by atoms with van der Waals surface area (Å²) in [7, 11) is 0. The fourth-order valence-electron chi connectivity index (χ4n) is 2.69. The Bertz CT molecular complexity index is 1060. The fraction of sp³-hybridized carbons (Fsp3) is 0.150. The maximum Gasteiger partial charge on any atom is 0.254 e. The van der Waals surface area contributed by atoms with E-state index < -0.39 is 0 Å². The minimum Gasteiger partial charge on any atom is -0.324 e. The molecule has 1 aromatic heterocycles. The van der Waals surface area contributed by atoms with E-state index in [0.29, 0.717) is 22.8 Å². The highest BCUT2D eigenvalue weighted by atomic mass is 79.9. The molecule has 1 amide bonds. The standard InChI is InChI=1S/C20H17BrFN3O2/c1-12-9-15(21)5-8-17(12)24-18(26)11-25-19(27)10-13(2)23-20(25)14-3-6-16(22)7-4-14/h3-10H,11H2,1-2H3,(H,24,26). The van der Waals surface area contributed by atoms with Crippen LogP contribution < -0.4 is 10.9 Å². The highest BCUT2D eigenvalue weighted by Crippen LogP contribution is 2.21. The van der Waals surface area contributed by atoms with Gasteiger partial charge in [-0.3, -0.25) is 14.2 Å². The second-order valence-electron chi connectivity index (χ2n) is 6.16. The Hall–Kier alpha value is -2.80. The number of aromatic nitrogens is 2. The molecule has 0 aliphatic heterocycles. The SMILES string of the molecule is Cc1cc(=O)n(CC(=O)Nc2ccc(Br)cc2C)c(-c2ccc(F)cc2)n1. The van der Waals surface area contributed by atoms with Crippen molar-refractivity contribution in [1.29, 1.82) is 0 Å². The Morgan fingerprint density at radius 1 is 1.15 bits per heavy atom. The fourth-order valence-corrected chi connectivity index (χ4v) is 3.17. The molecule has 7 heteroatoms.